The molecule has 2 aliphatic rings. The number of nitrogens with zero attached hydrogens (tertiary/aromatic N) is 2. The van der Waals surface area contributed by atoms with Crippen molar-refractivity contribution in [2.45, 2.75) is 63.9 Å². The van der Waals surface area contributed by atoms with Crippen LogP contribution in [0, 0.1) is 5.41 Å². The van der Waals surface area contributed by atoms with Crippen LogP contribution in [0.4, 0.5) is 5.13 Å². The maximum atomic E-state index is 10.6. The van der Waals surface area contributed by atoms with Gasteiger partial charge in [-0.05, 0) is 43.9 Å². The van der Waals surface area contributed by atoms with Crippen molar-refractivity contribution in [3.05, 3.63) is 5.82 Å². The minimum Gasteiger partial charge on any atom is -0.388 e. The highest BCUT2D eigenvalue weighted by Gasteiger charge is 2.36. The van der Waals surface area contributed by atoms with Gasteiger partial charge in [0.25, 0.3) is 0 Å². The highest BCUT2D eigenvalue weighted by molar-refractivity contribution is 7.09. The first-order chi connectivity index (χ1) is 8.96. The van der Waals surface area contributed by atoms with Gasteiger partial charge in [0.1, 0.15) is 5.82 Å². The van der Waals surface area contributed by atoms with Gasteiger partial charge in [-0.15, -0.1) is 0 Å². The zero-order chi connectivity index (χ0) is 13.5. The first-order valence-electron chi connectivity index (χ1n) is 7.26. The molecular weight excluding hydrogens is 258 g/mol. The van der Waals surface area contributed by atoms with Crippen LogP contribution in [-0.2, 0) is 0 Å². The standard InChI is InChI=1S/C14H23N3OS/c1-13(2)5-7-14(18,8-6-13)9-15-12-16-11(17-19-12)10-3-4-10/h10,18H,3-9H2,1-2H3,(H,15,16,17). The number of anilines is 1. The quantitative estimate of drug-likeness (QED) is 0.890. The Morgan fingerprint density at radius 2 is 1.95 bits per heavy atom. The first kappa shape index (κ1) is 13.3. The molecule has 2 saturated carbocycles. The van der Waals surface area contributed by atoms with E-state index in [0.29, 0.717) is 17.9 Å². The van der Waals surface area contributed by atoms with Gasteiger partial charge in [-0.1, -0.05) is 13.8 Å². The molecule has 2 N–H and O–H groups in total. The van der Waals surface area contributed by atoms with Crippen molar-refractivity contribution in [3.63, 3.8) is 0 Å². The largest absolute Gasteiger partial charge is 0.388 e. The third kappa shape index (κ3) is 3.26. The normalized spacial score (nSPS) is 25.2. The second kappa shape index (κ2) is 4.70. The lowest BCUT2D eigenvalue weighted by Gasteiger charge is -2.40. The fraction of sp³-hybridized carbons (Fsp3) is 0.857. The lowest BCUT2D eigenvalue weighted by Crippen LogP contribution is -2.42. The Bertz CT molecular complexity index is 443. The smallest absolute Gasteiger partial charge is 0.202 e. The lowest BCUT2D eigenvalue weighted by molar-refractivity contribution is -0.0145. The Balaban J connectivity index is 1.53. The molecule has 0 bridgehead atoms. The van der Waals surface area contributed by atoms with E-state index in [1.165, 1.54) is 24.4 Å². The van der Waals surface area contributed by atoms with Crippen molar-refractivity contribution >= 4 is 16.7 Å². The number of nitrogens with one attached hydrogen (secondary N) is 1. The van der Waals surface area contributed by atoms with Crippen LogP contribution in [0.3, 0.4) is 0 Å². The maximum absolute atomic E-state index is 10.6. The summed E-state index contributed by atoms with van der Waals surface area (Å²) in [5.74, 6) is 1.59. The van der Waals surface area contributed by atoms with Gasteiger partial charge < -0.3 is 10.4 Å². The molecule has 0 saturated heterocycles. The Morgan fingerprint density at radius 1 is 1.26 bits per heavy atom. The van der Waals surface area contributed by atoms with Gasteiger partial charge in [0.15, 0.2) is 0 Å². The van der Waals surface area contributed by atoms with E-state index >= 15 is 0 Å². The van der Waals surface area contributed by atoms with Crippen molar-refractivity contribution < 1.29 is 5.11 Å². The summed E-state index contributed by atoms with van der Waals surface area (Å²) >= 11 is 1.42. The molecule has 0 atom stereocenters. The Hall–Kier alpha value is -0.680. The fourth-order valence-corrected chi connectivity index (χ4v) is 3.26. The van der Waals surface area contributed by atoms with Crippen molar-refractivity contribution in [2.24, 2.45) is 5.41 Å². The number of hydrogen-bond donors (Lipinski definition) is 2. The van der Waals surface area contributed by atoms with Gasteiger partial charge in [-0.25, -0.2) is 4.98 Å². The van der Waals surface area contributed by atoms with E-state index in [2.05, 4.69) is 28.5 Å². The fourth-order valence-electron chi connectivity index (χ4n) is 2.62. The van der Waals surface area contributed by atoms with Crippen molar-refractivity contribution in [2.75, 3.05) is 11.9 Å². The van der Waals surface area contributed by atoms with E-state index in [1.807, 2.05) is 0 Å². The third-order valence-corrected chi connectivity index (χ3v) is 5.17. The van der Waals surface area contributed by atoms with Crippen LogP contribution in [0.15, 0.2) is 0 Å². The van der Waals surface area contributed by atoms with Gasteiger partial charge in [-0.3, -0.25) is 0 Å². The molecule has 0 aromatic carbocycles. The van der Waals surface area contributed by atoms with E-state index in [1.54, 1.807) is 0 Å². The predicted molar refractivity (Wildman–Crippen MR) is 77.6 cm³/mol. The zero-order valence-electron chi connectivity index (χ0n) is 11.8. The highest BCUT2D eigenvalue weighted by atomic mass is 32.1. The van der Waals surface area contributed by atoms with E-state index in [9.17, 15) is 5.11 Å². The molecule has 4 nitrogen and oxygen atoms in total. The van der Waals surface area contributed by atoms with Gasteiger partial charge in [0.05, 0.1) is 5.60 Å². The van der Waals surface area contributed by atoms with E-state index in [0.717, 1.165) is 36.6 Å². The molecule has 0 radical (unpaired) electrons. The highest BCUT2D eigenvalue weighted by Crippen LogP contribution is 2.41. The van der Waals surface area contributed by atoms with Crippen LogP contribution in [-0.4, -0.2) is 26.6 Å². The Labute approximate surface area is 118 Å². The number of rotatable bonds is 4. The molecule has 3 rings (SSSR count). The molecule has 5 heteroatoms. The van der Waals surface area contributed by atoms with Crippen LogP contribution in [0.2, 0.25) is 0 Å². The number of aromatic nitrogens is 2. The summed E-state index contributed by atoms with van der Waals surface area (Å²) in [6, 6.07) is 0. The first-order valence-corrected chi connectivity index (χ1v) is 8.03. The molecule has 0 amide bonds. The third-order valence-electron chi connectivity index (χ3n) is 4.49. The molecule has 2 fully saturated rings. The molecule has 1 heterocycles. The Morgan fingerprint density at radius 3 is 2.58 bits per heavy atom. The average molecular weight is 281 g/mol. The predicted octanol–water partition coefficient (Wildman–Crippen LogP) is 3.16. The summed E-state index contributed by atoms with van der Waals surface area (Å²) in [5, 5.41) is 14.7. The molecule has 2 aliphatic carbocycles. The summed E-state index contributed by atoms with van der Waals surface area (Å²) in [7, 11) is 0. The van der Waals surface area contributed by atoms with Crippen molar-refractivity contribution in [1.82, 2.24) is 9.36 Å². The number of aliphatic hydroxyl groups is 1. The zero-order valence-corrected chi connectivity index (χ0v) is 12.6. The van der Waals surface area contributed by atoms with Crippen LogP contribution >= 0.6 is 11.5 Å². The SMILES string of the molecule is CC1(C)CCC(O)(CNc2nc(C3CC3)ns2)CC1. The van der Waals surface area contributed by atoms with Crippen LogP contribution < -0.4 is 5.32 Å². The van der Waals surface area contributed by atoms with Crippen LogP contribution in [0.25, 0.3) is 0 Å². The molecular formula is C14H23N3OS. The minimum atomic E-state index is -0.569. The summed E-state index contributed by atoms with van der Waals surface area (Å²) in [5.41, 5.74) is -0.185. The average Bonchev–Trinajstić information content (AvgIpc) is 3.11. The second-order valence-corrected chi connectivity index (χ2v) is 7.73. The molecule has 1 aromatic rings. The van der Waals surface area contributed by atoms with Gasteiger partial charge in [-0.2, -0.15) is 4.37 Å². The summed E-state index contributed by atoms with van der Waals surface area (Å²) in [6.45, 7) is 5.17. The topological polar surface area (TPSA) is 58.0 Å². The molecule has 19 heavy (non-hydrogen) atoms. The molecule has 0 aliphatic heterocycles. The maximum Gasteiger partial charge on any atom is 0.202 e. The second-order valence-electron chi connectivity index (χ2n) is 6.97. The van der Waals surface area contributed by atoms with Crippen molar-refractivity contribution in [1.29, 1.82) is 0 Å². The summed E-state index contributed by atoms with van der Waals surface area (Å²) < 4.78 is 4.37. The Kier molecular flexibility index (Phi) is 3.29. The molecule has 0 spiro atoms. The van der Waals surface area contributed by atoms with Crippen LogP contribution in [0.1, 0.15) is 64.1 Å². The molecule has 1 aromatic heterocycles. The lowest BCUT2D eigenvalue weighted by atomic mass is 9.71. The summed E-state index contributed by atoms with van der Waals surface area (Å²) in [6.07, 6.45) is 6.40. The van der Waals surface area contributed by atoms with Crippen molar-refractivity contribution in [3.8, 4) is 0 Å². The minimum absolute atomic E-state index is 0.383. The van der Waals surface area contributed by atoms with Crippen LogP contribution in [0.5, 0.6) is 0 Å². The van der Waals surface area contributed by atoms with Gasteiger partial charge >= 0.3 is 0 Å². The molecule has 0 unspecified atom stereocenters. The van der Waals surface area contributed by atoms with E-state index < -0.39 is 5.60 Å². The molecule has 106 valence electrons. The number of hydrogen-bond acceptors (Lipinski definition) is 5. The van der Waals surface area contributed by atoms with Gasteiger partial charge in [0, 0.05) is 24.0 Å². The summed E-state index contributed by atoms with van der Waals surface area (Å²) in [4.78, 5) is 4.50. The monoisotopic (exact) mass is 281 g/mol. The van der Waals surface area contributed by atoms with Gasteiger partial charge in [0.2, 0.25) is 5.13 Å². The van der Waals surface area contributed by atoms with E-state index in [4.69, 9.17) is 0 Å². The van der Waals surface area contributed by atoms with E-state index in [-0.39, 0.29) is 0 Å².